The van der Waals surface area contributed by atoms with Crippen molar-refractivity contribution in [2.24, 2.45) is 0 Å². The van der Waals surface area contributed by atoms with Gasteiger partial charge in [0.05, 0.1) is 0 Å². The molecule has 1 aromatic carbocycles. The van der Waals surface area contributed by atoms with Crippen LogP contribution in [-0.4, -0.2) is 43.7 Å². The Labute approximate surface area is 129 Å². The van der Waals surface area contributed by atoms with E-state index in [0.29, 0.717) is 6.04 Å². The first kappa shape index (κ1) is 14.9. The van der Waals surface area contributed by atoms with E-state index in [1.807, 2.05) is 0 Å². The summed E-state index contributed by atoms with van der Waals surface area (Å²) < 4.78 is 0. The van der Waals surface area contributed by atoms with E-state index in [1.54, 1.807) is 0 Å². The van der Waals surface area contributed by atoms with Gasteiger partial charge in [-0.25, -0.2) is 0 Å². The van der Waals surface area contributed by atoms with E-state index >= 15 is 0 Å². The molecule has 1 heterocycles. The van der Waals surface area contributed by atoms with Gasteiger partial charge in [0.2, 0.25) is 0 Å². The third kappa shape index (κ3) is 3.41. The molecule has 2 aliphatic rings. The average molecular weight is 287 g/mol. The Morgan fingerprint density at radius 2 is 1.81 bits per heavy atom. The van der Waals surface area contributed by atoms with Crippen LogP contribution in [0.2, 0.25) is 0 Å². The van der Waals surface area contributed by atoms with Gasteiger partial charge in [-0.1, -0.05) is 32.0 Å². The van der Waals surface area contributed by atoms with Crippen LogP contribution >= 0.6 is 0 Å². The van der Waals surface area contributed by atoms with Gasteiger partial charge in [-0.2, -0.15) is 0 Å². The summed E-state index contributed by atoms with van der Waals surface area (Å²) in [6.07, 6.45) is 4.00. The van der Waals surface area contributed by atoms with Gasteiger partial charge < -0.3 is 10.2 Å². The summed E-state index contributed by atoms with van der Waals surface area (Å²) in [4.78, 5) is 5.27. The van der Waals surface area contributed by atoms with Crippen molar-refractivity contribution < 1.29 is 0 Å². The smallest absolute Gasteiger partial charge is 0.0415 e. The summed E-state index contributed by atoms with van der Waals surface area (Å²) in [7, 11) is 0. The van der Waals surface area contributed by atoms with Crippen LogP contribution in [0.4, 0.5) is 5.69 Å². The number of benzene rings is 1. The maximum Gasteiger partial charge on any atom is 0.0415 e. The molecule has 1 saturated heterocycles. The van der Waals surface area contributed by atoms with Gasteiger partial charge in [-0.3, -0.25) is 4.90 Å². The van der Waals surface area contributed by atoms with Crippen LogP contribution in [0.15, 0.2) is 24.3 Å². The lowest BCUT2D eigenvalue weighted by Crippen LogP contribution is -2.47. The van der Waals surface area contributed by atoms with Gasteiger partial charge in [-0.05, 0) is 37.4 Å². The molecule has 1 aliphatic heterocycles. The van der Waals surface area contributed by atoms with Crippen LogP contribution in [0, 0.1) is 0 Å². The Morgan fingerprint density at radius 3 is 2.43 bits per heavy atom. The zero-order valence-electron chi connectivity index (χ0n) is 13.5. The molecule has 21 heavy (non-hydrogen) atoms. The lowest BCUT2D eigenvalue weighted by atomic mass is 10.0. The van der Waals surface area contributed by atoms with Crippen molar-refractivity contribution in [3.63, 3.8) is 0 Å². The van der Waals surface area contributed by atoms with E-state index in [2.05, 4.69) is 53.2 Å². The fourth-order valence-electron chi connectivity index (χ4n) is 3.56. The van der Waals surface area contributed by atoms with E-state index in [1.165, 1.54) is 50.3 Å². The predicted molar refractivity (Wildman–Crippen MR) is 90.0 cm³/mol. The van der Waals surface area contributed by atoms with E-state index < -0.39 is 0 Å². The molecular formula is C18H29N3. The third-order valence-electron chi connectivity index (χ3n) is 4.89. The minimum Gasteiger partial charge on any atom is -0.369 e. The highest BCUT2D eigenvalue weighted by atomic mass is 15.3. The first-order chi connectivity index (χ1) is 10.3. The minimum absolute atomic E-state index is 0.479. The average Bonchev–Trinajstić information content (AvgIpc) is 3.38. The molecule has 0 amide bonds. The summed E-state index contributed by atoms with van der Waals surface area (Å²) in [6, 6.07) is 10.4. The Kier molecular flexibility index (Phi) is 4.81. The summed E-state index contributed by atoms with van der Waals surface area (Å²) in [5.41, 5.74) is 2.92. The Bertz CT molecular complexity index is 448. The molecule has 1 saturated carbocycles. The summed E-state index contributed by atoms with van der Waals surface area (Å²) in [5.74, 6) is 0. The number of anilines is 1. The summed E-state index contributed by atoms with van der Waals surface area (Å²) in [5, 5.41) is 3.63. The molecule has 2 fully saturated rings. The maximum absolute atomic E-state index is 3.63. The fraction of sp³-hybridized carbons (Fsp3) is 0.667. The van der Waals surface area contributed by atoms with Gasteiger partial charge in [0.15, 0.2) is 0 Å². The van der Waals surface area contributed by atoms with E-state index in [-0.39, 0.29) is 0 Å². The summed E-state index contributed by atoms with van der Waals surface area (Å²) >= 11 is 0. The highest BCUT2D eigenvalue weighted by Gasteiger charge is 2.31. The largest absolute Gasteiger partial charge is 0.369 e. The van der Waals surface area contributed by atoms with Crippen molar-refractivity contribution in [3.05, 3.63) is 29.8 Å². The zero-order valence-corrected chi connectivity index (χ0v) is 13.5. The molecule has 1 atom stereocenters. The molecule has 1 aromatic rings. The van der Waals surface area contributed by atoms with Crippen LogP contribution in [0.25, 0.3) is 0 Å². The molecule has 0 radical (unpaired) electrons. The van der Waals surface area contributed by atoms with Crippen molar-refractivity contribution in [3.8, 4) is 0 Å². The number of piperazine rings is 1. The maximum atomic E-state index is 3.63. The molecular weight excluding hydrogens is 258 g/mol. The molecule has 0 spiro atoms. The van der Waals surface area contributed by atoms with Crippen molar-refractivity contribution in [1.82, 2.24) is 10.2 Å². The first-order valence-corrected chi connectivity index (χ1v) is 8.64. The number of rotatable bonds is 6. The number of hydrogen-bond donors (Lipinski definition) is 1. The third-order valence-corrected chi connectivity index (χ3v) is 4.89. The first-order valence-electron chi connectivity index (χ1n) is 8.64. The second-order valence-electron chi connectivity index (χ2n) is 6.33. The van der Waals surface area contributed by atoms with Crippen LogP contribution < -0.4 is 10.2 Å². The molecule has 0 bridgehead atoms. The van der Waals surface area contributed by atoms with Gasteiger partial charge in [0, 0.05) is 44.0 Å². The lowest BCUT2D eigenvalue weighted by Gasteiger charge is -2.38. The van der Waals surface area contributed by atoms with E-state index in [9.17, 15) is 0 Å². The van der Waals surface area contributed by atoms with Crippen LogP contribution in [0.5, 0.6) is 0 Å². The lowest BCUT2D eigenvalue weighted by molar-refractivity contribution is 0.248. The normalized spacial score (nSPS) is 21.5. The molecule has 3 rings (SSSR count). The molecule has 3 heteroatoms. The molecule has 116 valence electrons. The quantitative estimate of drug-likeness (QED) is 0.867. The summed E-state index contributed by atoms with van der Waals surface area (Å²) in [6.45, 7) is 10.3. The van der Waals surface area contributed by atoms with Crippen molar-refractivity contribution >= 4 is 5.69 Å². The molecule has 1 N–H and O–H groups in total. The SMILES string of the molecule is CCNC(CC)c1ccccc1N1CCN(C2CC2)CC1. The zero-order chi connectivity index (χ0) is 14.7. The van der Waals surface area contributed by atoms with Crippen molar-refractivity contribution in [2.75, 3.05) is 37.6 Å². The predicted octanol–water partition coefficient (Wildman–Crippen LogP) is 3.03. The van der Waals surface area contributed by atoms with Gasteiger partial charge >= 0.3 is 0 Å². The molecule has 3 nitrogen and oxygen atoms in total. The van der Waals surface area contributed by atoms with E-state index in [0.717, 1.165) is 19.0 Å². The van der Waals surface area contributed by atoms with Crippen molar-refractivity contribution in [1.29, 1.82) is 0 Å². The molecule has 1 aliphatic carbocycles. The van der Waals surface area contributed by atoms with Gasteiger partial charge in [-0.15, -0.1) is 0 Å². The van der Waals surface area contributed by atoms with Gasteiger partial charge in [0.25, 0.3) is 0 Å². The monoisotopic (exact) mass is 287 g/mol. The van der Waals surface area contributed by atoms with Crippen molar-refractivity contribution in [2.45, 2.75) is 45.2 Å². The van der Waals surface area contributed by atoms with Crippen LogP contribution in [0.3, 0.4) is 0 Å². The molecule has 1 unspecified atom stereocenters. The minimum atomic E-state index is 0.479. The van der Waals surface area contributed by atoms with Crippen LogP contribution in [-0.2, 0) is 0 Å². The second-order valence-corrected chi connectivity index (χ2v) is 6.33. The molecule has 0 aromatic heterocycles. The second kappa shape index (κ2) is 6.80. The highest BCUT2D eigenvalue weighted by Crippen LogP contribution is 2.31. The fourth-order valence-corrected chi connectivity index (χ4v) is 3.56. The Hall–Kier alpha value is -1.06. The van der Waals surface area contributed by atoms with E-state index in [4.69, 9.17) is 0 Å². The standard InChI is InChI=1S/C18H29N3/c1-3-17(19-4-2)16-7-5-6-8-18(16)21-13-11-20(12-14-21)15-9-10-15/h5-8,15,17,19H,3-4,9-14H2,1-2H3. The highest BCUT2D eigenvalue weighted by molar-refractivity contribution is 5.55. The number of para-hydroxylation sites is 1. The number of hydrogen-bond acceptors (Lipinski definition) is 3. The van der Waals surface area contributed by atoms with Gasteiger partial charge in [0.1, 0.15) is 0 Å². The number of nitrogens with zero attached hydrogens (tertiary/aromatic N) is 2. The Balaban J connectivity index is 1.72. The van der Waals surface area contributed by atoms with Crippen LogP contribution in [0.1, 0.15) is 44.7 Å². The number of nitrogens with one attached hydrogen (secondary N) is 1. The Morgan fingerprint density at radius 1 is 1.10 bits per heavy atom. The topological polar surface area (TPSA) is 18.5 Å².